The fourth-order valence-corrected chi connectivity index (χ4v) is 4.28. The highest BCUT2D eigenvalue weighted by Crippen LogP contribution is 2.37. The van der Waals surface area contributed by atoms with E-state index in [1.54, 1.807) is 18.2 Å². The van der Waals surface area contributed by atoms with Crippen LogP contribution in [0, 0.1) is 0 Å². The van der Waals surface area contributed by atoms with Crippen molar-refractivity contribution in [2.75, 3.05) is 31.6 Å². The Morgan fingerprint density at radius 2 is 1.87 bits per heavy atom. The molecule has 30 heavy (non-hydrogen) atoms. The van der Waals surface area contributed by atoms with Crippen LogP contribution < -0.4 is 20.5 Å². The summed E-state index contributed by atoms with van der Waals surface area (Å²) in [5, 5.41) is 2.94. The molecule has 3 aromatic rings. The van der Waals surface area contributed by atoms with Crippen molar-refractivity contribution in [1.29, 1.82) is 0 Å². The molecule has 8 heteroatoms. The van der Waals surface area contributed by atoms with Gasteiger partial charge in [-0.2, -0.15) is 0 Å². The van der Waals surface area contributed by atoms with Crippen molar-refractivity contribution in [3.63, 3.8) is 0 Å². The van der Waals surface area contributed by atoms with Crippen molar-refractivity contribution in [3.05, 3.63) is 52.4 Å². The van der Waals surface area contributed by atoms with Gasteiger partial charge in [0.05, 0.1) is 30.8 Å². The number of carbonyl (C=O) groups is 1. The van der Waals surface area contributed by atoms with Gasteiger partial charge in [0.25, 0.3) is 0 Å². The third-order valence-corrected chi connectivity index (χ3v) is 5.67. The number of likely N-dealkylation sites (tertiary alicyclic amines) is 1. The maximum Gasteiger partial charge on any atom is 0.323 e. The smallest absolute Gasteiger partial charge is 0.323 e. The Balaban J connectivity index is 1.28. The fourth-order valence-electron chi connectivity index (χ4n) is 4.28. The Labute approximate surface area is 173 Å². The van der Waals surface area contributed by atoms with Crippen LogP contribution in [-0.2, 0) is 4.79 Å². The lowest BCUT2D eigenvalue weighted by atomic mass is 10.0. The Bertz CT molecular complexity index is 1140. The zero-order valence-electron chi connectivity index (χ0n) is 16.6. The zero-order chi connectivity index (χ0) is 20.5. The van der Waals surface area contributed by atoms with Gasteiger partial charge in [0.15, 0.2) is 11.5 Å². The number of anilines is 1. The van der Waals surface area contributed by atoms with E-state index in [0.717, 1.165) is 42.9 Å². The summed E-state index contributed by atoms with van der Waals surface area (Å²) in [5.41, 5.74) is 2.93. The molecule has 0 aliphatic carbocycles. The summed E-state index contributed by atoms with van der Waals surface area (Å²) in [6.45, 7) is 2.51. The molecule has 0 bridgehead atoms. The van der Waals surface area contributed by atoms with Crippen molar-refractivity contribution in [2.24, 2.45) is 0 Å². The van der Waals surface area contributed by atoms with Gasteiger partial charge in [0.1, 0.15) is 0 Å². The van der Waals surface area contributed by atoms with E-state index in [4.69, 9.17) is 9.47 Å². The third kappa shape index (κ3) is 3.78. The summed E-state index contributed by atoms with van der Waals surface area (Å²) in [4.78, 5) is 31.7. The SMILES string of the molecule is O=C(CN1CCCC1c1ccc2c(c1)OCCCO2)Nc1ccc2[nH]c(=O)[nH]c2c1. The van der Waals surface area contributed by atoms with Gasteiger partial charge in [-0.05, 0) is 55.3 Å². The molecule has 5 rings (SSSR count). The number of H-pyrrole nitrogens is 2. The minimum Gasteiger partial charge on any atom is -0.490 e. The molecule has 1 unspecified atom stereocenters. The van der Waals surface area contributed by atoms with Crippen LogP contribution in [0.4, 0.5) is 5.69 Å². The van der Waals surface area contributed by atoms with E-state index in [1.165, 1.54) is 0 Å². The van der Waals surface area contributed by atoms with E-state index in [2.05, 4.69) is 32.3 Å². The molecule has 2 aromatic carbocycles. The molecule has 2 aliphatic heterocycles. The average molecular weight is 408 g/mol. The van der Waals surface area contributed by atoms with Gasteiger partial charge in [-0.1, -0.05) is 6.07 Å². The molecule has 1 amide bonds. The topological polar surface area (TPSA) is 99.4 Å². The Kier molecular flexibility index (Phi) is 4.92. The second-order valence-electron chi connectivity index (χ2n) is 7.77. The van der Waals surface area contributed by atoms with Crippen molar-refractivity contribution < 1.29 is 14.3 Å². The molecule has 0 spiro atoms. The number of imidazole rings is 1. The summed E-state index contributed by atoms with van der Waals surface area (Å²) in [6, 6.07) is 11.6. The molecule has 1 saturated heterocycles. The quantitative estimate of drug-likeness (QED) is 0.617. The number of rotatable bonds is 4. The highest BCUT2D eigenvalue weighted by Gasteiger charge is 2.28. The number of aromatic nitrogens is 2. The molecule has 3 N–H and O–H groups in total. The van der Waals surface area contributed by atoms with Crippen LogP contribution in [0.25, 0.3) is 11.0 Å². The lowest BCUT2D eigenvalue weighted by molar-refractivity contribution is -0.117. The molecular weight excluding hydrogens is 384 g/mol. The highest BCUT2D eigenvalue weighted by molar-refractivity contribution is 5.94. The molecule has 1 fully saturated rings. The number of nitrogens with one attached hydrogen (secondary N) is 3. The molecule has 3 heterocycles. The van der Waals surface area contributed by atoms with Crippen LogP contribution in [0.1, 0.15) is 30.9 Å². The van der Waals surface area contributed by atoms with Crippen molar-refractivity contribution in [2.45, 2.75) is 25.3 Å². The number of hydrogen-bond donors (Lipinski definition) is 3. The Hall–Kier alpha value is -3.26. The van der Waals surface area contributed by atoms with E-state index < -0.39 is 0 Å². The predicted octanol–water partition coefficient (Wildman–Crippen LogP) is 2.79. The van der Waals surface area contributed by atoms with Crippen LogP contribution >= 0.6 is 0 Å². The van der Waals surface area contributed by atoms with Crippen LogP contribution in [0.15, 0.2) is 41.2 Å². The molecule has 1 atom stereocenters. The summed E-state index contributed by atoms with van der Waals surface area (Å²) >= 11 is 0. The minimum absolute atomic E-state index is 0.0755. The zero-order valence-corrected chi connectivity index (χ0v) is 16.6. The summed E-state index contributed by atoms with van der Waals surface area (Å²) in [5.74, 6) is 1.50. The highest BCUT2D eigenvalue weighted by atomic mass is 16.5. The number of fused-ring (bicyclic) bond motifs is 2. The number of hydrogen-bond acceptors (Lipinski definition) is 5. The van der Waals surface area contributed by atoms with Crippen molar-refractivity contribution in [1.82, 2.24) is 14.9 Å². The number of aromatic amines is 2. The maximum absolute atomic E-state index is 12.7. The Morgan fingerprint density at radius 1 is 1.03 bits per heavy atom. The van der Waals surface area contributed by atoms with E-state index in [-0.39, 0.29) is 17.6 Å². The van der Waals surface area contributed by atoms with Gasteiger partial charge in [-0.15, -0.1) is 0 Å². The Morgan fingerprint density at radius 3 is 2.77 bits per heavy atom. The van der Waals surface area contributed by atoms with Gasteiger partial charge in [0, 0.05) is 18.2 Å². The first-order valence-electron chi connectivity index (χ1n) is 10.3. The third-order valence-electron chi connectivity index (χ3n) is 5.67. The monoisotopic (exact) mass is 408 g/mol. The lowest BCUT2D eigenvalue weighted by Gasteiger charge is -2.25. The number of benzene rings is 2. The summed E-state index contributed by atoms with van der Waals surface area (Å²) < 4.78 is 11.6. The van der Waals surface area contributed by atoms with Gasteiger partial charge < -0.3 is 24.8 Å². The predicted molar refractivity (Wildman–Crippen MR) is 113 cm³/mol. The van der Waals surface area contributed by atoms with Gasteiger partial charge in [-0.25, -0.2) is 4.79 Å². The second-order valence-corrected chi connectivity index (χ2v) is 7.77. The second kappa shape index (κ2) is 7.87. The van der Waals surface area contributed by atoms with E-state index in [1.807, 2.05) is 6.07 Å². The molecular formula is C22H24N4O4. The number of amides is 1. The van der Waals surface area contributed by atoms with Crippen LogP contribution in [0.3, 0.4) is 0 Å². The number of carbonyl (C=O) groups excluding carboxylic acids is 1. The first-order chi connectivity index (χ1) is 14.7. The number of nitrogens with zero attached hydrogens (tertiary/aromatic N) is 1. The van der Waals surface area contributed by atoms with E-state index in [9.17, 15) is 9.59 Å². The normalized spacial score (nSPS) is 19.0. The molecule has 1 aromatic heterocycles. The molecule has 8 nitrogen and oxygen atoms in total. The standard InChI is InChI=1S/C22H24N4O4/c27-21(23-15-5-6-16-17(12-15)25-22(28)24-16)13-26-8-1-3-18(26)14-4-7-19-20(11-14)30-10-2-9-29-19/h4-7,11-12,18H,1-3,8-10,13H2,(H,23,27)(H2,24,25,28). The molecule has 2 aliphatic rings. The lowest BCUT2D eigenvalue weighted by Crippen LogP contribution is -2.32. The molecule has 0 radical (unpaired) electrons. The van der Waals surface area contributed by atoms with Crippen LogP contribution in [0.2, 0.25) is 0 Å². The first kappa shape index (κ1) is 18.7. The molecule has 0 saturated carbocycles. The summed E-state index contributed by atoms with van der Waals surface area (Å²) in [7, 11) is 0. The summed E-state index contributed by atoms with van der Waals surface area (Å²) in [6.07, 6.45) is 2.93. The molecule has 156 valence electrons. The van der Waals surface area contributed by atoms with E-state index in [0.29, 0.717) is 36.5 Å². The van der Waals surface area contributed by atoms with Crippen LogP contribution in [-0.4, -0.2) is 47.1 Å². The maximum atomic E-state index is 12.7. The van der Waals surface area contributed by atoms with Gasteiger partial charge >= 0.3 is 5.69 Å². The van der Waals surface area contributed by atoms with Gasteiger partial charge in [-0.3, -0.25) is 9.69 Å². The van der Waals surface area contributed by atoms with Crippen molar-refractivity contribution >= 4 is 22.6 Å². The average Bonchev–Trinajstić information content (AvgIpc) is 3.25. The van der Waals surface area contributed by atoms with E-state index >= 15 is 0 Å². The number of ether oxygens (including phenoxy) is 2. The fraction of sp³-hybridized carbons (Fsp3) is 0.364. The first-order valence-corrected chi connectivity index (χ1v) is 10.3. The van der Waals surface area contributed by atoms with Crippen LogP contribution in [0.5, 0.6) is 11.5 Å². The van der Waals surface area contributed by atoms with Gasteiger partial charge in [0.2, 0.25) is 5.91 Å². The largest absolute Gasteiger partial charge is 0.490 e. The minimum atomic E-state index is -0.261. The van der Waals surface area contributed by atoms with Crippen molar-refractivity contribution in [3.8, 4) is 11.5 Å².